The Hall–Kier alpha value is -1.10. The Balaban J connectivity index is 3.12. The van der Waals surface area contributed by atoms with Crippen LogP contribution in [0.4, 0.5) is 0 Å². The number of phosphoric acid groups is 2. The van der Waals surface area contributed by atoms with Gasteiger partial charge in [-0.2, -0.15) is 0 Å². The van der Waals surface area contributed by atoms with E-state index in [2.05, 4.69) is 9.05 Å². The highest BCUT2D eigenvalue weighted by Crippen LogP contribution is 2.40. The van der Waals surface area contributed by atoms with Gasteiger partial charge in [0.1, 0.15) is 0 Å². The second-order valence-electron chi connectivity index (χ2n) is 5.06. The molecular weight excluding hydrogens is 370 g/mol. The van der Waals surface area contributed by atoms with Crippen molar-refractivity contribution in [1.82, 2.24) is 9.55 Å². The third kappa shape index (κ3) is 7.20. The molecule has 1 aromatic rings. The maximum Gasteiger partial charge on any atom is 0.469 e. The lowest BCUT2D eigenvalue weighted by Gasteiger charge is -2.23. The van der Waals surface area contributed by atoms with E-state index < -0.39 is 45.6 Å². The van der Waals surface area contributed by atoms with E-state index in [0.29, 0.717) is 0 Å². The average Bonchev–Trinajstić information content (AvgIpc) is 2.36. The zero-order chi connectivity index (χ0) is 18.7. The summed E-state index contributed by atoms with van der Waals surface area (Å²) in [6.45, 7) is 2.06. The third-order valence-corrected chi connectivity index (χ3v) is 4.02. The van der Waals surface area contributed by atoms with Crippen molar-refractivity contribution < 1.29 is 37.8 Å². The van der Waals surface area contributed by atoms with Crippen LogP contribution < -0.4 is 11.2 Å². The summed E-state index contributed by atoms with van der Waals surface area (Å²) >= 11 is 0. The van der Waals surface area contributed by atoms with Gasteiger partial charge in [0.25, 0.3) is 5.56 Å². The Labute approximate surface area is 135 Å². The summed E-state index contributed by atoms with van der Waals surface area (Å²) in [5, 5.41) is 0. The first-order valence-corrected chi connectivity index (χ1v) is 9.60. The van der Waals surface area contributed by atoms with Gasteiger partial charge in [0, 0.05) is 11.8 Å². The van der Waals surface area contributed by atoms with Crippen molar-refractivity contribution in [1.29, 1.82) is 0 Å². The molecule has 24 heavy (non-hydrogen) atoms. The van der Waals surface area contributed by atoms with Gasteiger partial charge in [-0.25, -0.2) is 13.9 Å². The SMILES string of the molecule is Cc1cn(C(COP(=O)(O)O)CC(C)OP(=O)(O)O)c(=O)[nH]c1=O. The minimum Gasteiger partial charge on any atom is -0.303 e. The molecule has 2 atom stereocenters. The Kier molecular flexibility index (Phi) is 6.85. The lowest BCUT2D eigenvalue weighted by atomic mass is 10.1. The summed E-state index contributed by atoms with van der Waals surface area (Å²) in [6.07, 6.45) is -0.148. The molecule has 0 radical (unpaired) electrons. The standard InChI is InChI=1S/C10H18N2O10P2/c1-6-4-12(10(14)11-9(6)13)8(5-21-23(15,16)17)3-7(2)22-24(18,19)20/h4,7-8H,3,5H2,1-2H3,(H,11,13,14)(H2,15,16,17)(H2,18,19,20). The Bertz CT molecular complexity index is 775. The first-order chi connectivity index (χ1) is 10.8. The van der Waals surface area contributed by atoms with Crippen LogP contribution in [0.1, 0.15) is 24.9 Å². The van der Waals surface area contributed by atoms with Crippen LogP contribution in [0.3, 0.4) is 0 Å². The molecule has 0 fully saturated rings. The Morgan fingerprint density at radius 3 is 2.29 bits per heavy atom. The van der Waals surface area contributed by atoms with Crippen LogP contribution in [-0.4, -0.2) is 41.8 Å². The molecular formula is C10H18N2O10P2. The summed E-state index contributed by atoms with van der Waals surface area (Å²) in [6, 6.07) is -1.05. The maximum absolute atomic E-state index is 11.9. The molecule has 0 aliphatic heterocycles. The molecule has 1 heterocycles. The van der Waals surface area contributed by atoms with Crippen LogP contribution >= 0.6 is 15.6 Å². The minimum atomic E-state index is -4.84. The fourth-order valence-corrected chi connectivity index (χ4v) is 2.88. The number of phosphoric ester groups is 2. The van der Waals surface area contributed by atoms with E-state index in [0.717, 1.165) is 10.8 Å². The average molecular weight is 388 g/mol. The van der Waals surface area contributed by atoms with E-state index in [4.69, 9.17) is 19.6 Å². The zero-order valence-electron chi connectivity index (χ0n) is 12.7. The van der Waals surface area contributed by atoms with Gasteiger partial charge < -0.3 is 19.6 Å². The van der Waals surface area contributed by atoms with Crippen LogP contribution in [0.5, 0.6) is 0 Å². The summed E-state index contributed by atoms with van der Waals surface area (Å²) in [4.78, 5) is 60.4. The number of nitrogens with zero attached hydrogens (tertiary/aromatic N) is 1. The van der Waals surface area contributed by atoms with E-state index in [1.54, 1.807) is 0 Å². The molecule has 0 saturated heterocycles. The monoisotopic (exact) mass is 388 g/mol. The van der Waals surface area contributed by atoms with E-state index >= 15 is 0 Å². The predicted molar refractivity (Wildman–Crippen MR) is 80.3 cm³/mol. The number of aryl methyl sites for hydroxylation is 1. The summed E-state index contributed by atoms with van der Waals surface area (Å²) in [5.74, 6) is 0. The van der Waals surface area contributed by atoms with Crippen molar-refractivity contribution in [3.05, 3.63) is 32.6 Å². The first kappa shape index (κ1) is 20.9. The number of H-pyrrole nitrogens is 1. The van der Waals surface area contributed by atoms with Gasteiger partial charge in [-0.1, -0.05) is 0 Å². The van der Waals surface area contributed by atoms with Crippen molar-refractivity contribution in [3.8, 4) is 0 Å². The molecule has 0 aliphatic carbocycles. The highest BCUT2D eigenvalue weighted by molar-refractivity contribution is 7.46. The fourth-order valence-electron chi connectivity index (χ4n) is 1.96. The lowest BCUT2D eigenvalue weighted by Crippen LogP contribution is -2.36. The number of aromatic amines is 1. The minimum absolute atomic E-state index is 0.152. The molecule has 14 heteroatoms. The molecule has 138 valence electrons. The largest absolute Gasteiger partial charge is 0.469 e. The van der Waals surface area contributed by atoms with E-state index in [-0.39, 0.29) is 12.0 Å². The van der Waals surface area contributed by atoms with Gasteiger partial charge in [-0.3, -0.25) is 23.4 Å². The molecule has 1 rings (SSSR count). The van der Waals surface area contributed by atoms with Crippen molar-refractivity contribution in [2.24, 2.45) is 0 Å². The van der Waals surface area contributed by atoms with Crippen LogP contribution in [0.2, 0.25) is 0 Å². The van der Waals surface area contributed by atoms with Gasteiger partial charge in [-0.15, -0.1) is 0 Å². The second kappa shape index (κ2) is 7.85. The number of nitrogens with one attached hydrogen (secondary N) is 1. The van der Waals surface area contributed by atoms with Crippen LogP contribution in [-0.2, 0) is 18.2 Å². The zero-order valence-corrected chi connectivity index (χ0v) is 14.5. The molecule has 0 aliphatic rings. The van der Waals surface area contributed by atoms with Crippen LogP contribution in [0.25, 0.3) is 0 Å². The Morgan fingerprint density at radius 1 is 1.21 bits per heavy atom. The van der Waals surface area contributed by atoms with Crippen LogP contribution in [0, 0.1) is 6.92 Å². The maximum atomic E-state index is 11.9. The van der Waals surface area contributed by atoms with Crippen molar-refractivity contribution in [2.45, 2.75) is 32.4 Å². The van der Waals surface area contributed by atoms with E-state index in [9.17, 15) is 18.7 Å². The summed E-state index contributed by atoms with van der Waals surface area (Å²) in [5.41, 5.74) is -1.35. The van der Waals surface area contributed by atoms with Crippen molar-refractivity contribution in [2.75, 3.05) is 6.61 Å². The fraction of sp³-hybridized carbons (Fsp3) is 0.600. The molecule has 1 aromatic heterocycles. The highest BCUT2D eigenvalue weighted by Gasteiger charge is 2.26. The molecule has 0 aromatic carbocycles. The number of hydrogen-bond acceptors (Lipinski definition) is 6. The first-order valence-electron chi connectivity index (χ1n) is 6.54. The topological polar surface area (TPSA) is 188 Å². The summed E-state index contributed by atoms with van der Waals surface area (Å²) < 4.78 is 31.5. The van der Waals surface area contributed by atoms with Gasteiger partial charge in [0.2, 0.25) is 0 Å². The van der Waals surface area contributed by atoms with Gasteiger partial charge in [0.15, 0.2) is 0 Å². The molecule has 2 unspecified atom stereocenters. The number of rotatable bonds is 8. The molecule has 0 spiro atoms. The predicted octanol–water partition coefficient (Wildman–Crippen LogP) is -0.617. The highest BCUT2D eigenvalue weighted by atomic mass is 31.2. The van der Waals surface area contributed by atoms with Crippen molar-refractivity contribution in [3.63, 3.8) is 0 Å². The quantitative estimate of drug-likeness (QED) is 0.359. The molecule has 12 nitrogen and oxygen atoms in total. The van der Waals surface area contributed by atoms with Gasteiger partial charge in [-0.05, 0) is 20.3 Å². The molecule has 5 N–H and O–H groups in total. The molecule has 0 saturated carbocycles. The molecule has 0 bridgehead atoms. The lowest BCUT2D eigenvalue weighted by molar-refractivity contribution is 0.103. The number of aromatic nitrogens is 2. The normalized spacial score (nSPS) is 15.2. The second-order valence-corrected chi connectivity index (χ2v) is 7.49. The van der Waals surface area contributed by atoms with Crippen molar-refractivity contribution >= 4 is 15.6 Å². The Morgan fingerprint density at radius 2 is 1.79 bits per heavy atom. The van der Waals surface area contributed by atoms with Gasteiger partial charge >= 0.3 is 21.3 Å². The van der Waals surface area contributed by atoms with E-state index in [1.807, 2.05) is 4.98 Å². The van der Waals surface area contributed by atoms with Crippen LogP contribution in [0.15, 0.2) is 15.8 Å². The molecule has 0 amide bonds. The van der Waals surface area contributed by atoms with Gasteiger partial charge in [0.05, 0.1) is 18.8 Å². The van der Waals surface area contributed by atoms with E-state index in [1.165, 1.54) is 13.8 Å². The third-order valence-electron chi connectivity index (χ3n) is 2.90. The smallest absolute Gasteiger partial charge is 0.303 e. The number of hydrogen-bond donors (Lipinski definition) is 5. The summed E-state index contributed by atoms with van der Waals surface area (Å²) in [7, 11) is -9.63.